The molecule has 0 bridgehead atoms. The molecule has 0 unspecified atom stereocenters. The third-order valence-electron chi connectivity index (χ3n) is 3.11. The highest BCUT2D eigenvalue weighted by Crippen LogP contribution is 2.29. The van der Waals surface area contributed by atoms with Crippen molar-refractivity contribution in [2.75, 3.05) is 13.7 Å². The quantitative estimate of drug-likeness (QED) is 0.447. The molecule has 9 heteroatoms. The van der Waals surface area contributed by atoms with Gasteiger partial charge in [0.2, 0.25) is 0 Å². The molecule has 1 aromatic heterocycles. The molecule has 0 atom stereocenters. The van der Waals surface area contributed by atoms with Crippen LogP contribution in [0, 0.1) is 10.1 Å². The van der Waals surface area contributed by atoms with Gasteiger partial charge in [-0.2, -0.15) is 0 Å². The summed E-state index contributed by atoms with van der Waals surface area (Å²) in [6, 6.07) is 5.00. The fourth-order valence-corrected chi connectivity index (χ4v) is 2.03. The lowest BCUT2D eigenvalue weighted by atomic mass is 10.1. The summed E-state index contributed by atoms with van der Waals surface area (Å²) in [6.07, 6.45) is 4.36. The van der Waals surface area contributed by atoms with Crippen LogP contribution in [0.15, 0.2) is 40.4 Å². The second kappa shape index (κ2) is 7.77. The zero-order chi connectivity index (χ0) is 18.4. The summed E-state index contributed by atoms with van der Waals surface area (Å²) >= 11 is 0. The van der Waals surface area contributed by atoms with Crippen molar-refractivity contribution in [1.29, 1.82) is 0 Å². The van der Waals surface area contributed by atoms with Crippen LogP contribution in [-0.4, -0.2) is 28.6 Å². The lowest BCUT2D eigenvalue weighted by Crippen LogP contribution is -2.25. The smallest absolute Gasteiger partial charge is 0.357 e. The zero-order valence-corrected chi connectivity index (χ0v) is 13.3. The van der Waals surface area contributed by atoms with Gasteiger partial charge in [0.1, 0.15) is 12.3 Å². The molecule has 0 aliphatic rings. The molecular weight excluding hydrogens is 330 g/mol. The molecule has 0 saturated carbocycles. The van der Waals surface area contributed by atoms with Crippen LogP contribution in [0.5, 0.6) is 11.5 Å². The zero-order valence-electron chi connectivity index (χ0n) is 13.3. The molecule has 0 fully saturated rings. The SMILES string of the molecule is C=CCOc1ccc(/C=C\c2[nH]c(=O)[nH]c(=O)c2[N+](=O)[O-])cc1OC. The molecule has 0 aliphatic heterocycles. The Morgan fingerprint density at radius 2 is 2.00 bits per heavy atom. The van der Waals surface area contributed by atoms with Gasteiger partial charge < -0.3 is 14.5 Å². The van der Waals surface area contributed by atoms with Gasteiger partial charge in [-0.15, -0.1) is 0 Å². The summed E-state index contributed by atoms with van der Waals surface area (Å²) in [5.74, 6) is 0.966. The van der Waals surface area contributed by atoms with Crippen molar-refractivity contribution in [3.63, 3.8) is 0 Å². The number of hydrogen-bond acceptors (Lipinski definition) is 6. The van der Waals surface area contributed by atoms with Gasteiger partial charge in [0, 0.05) is 0 Å². The number of ether oxygens (including phenoxy) is 2. The van der Waals surface area contributed by atoms with Crippen molar-refractivity contribution < 1.29 is 14.4 Å². The molecule has 25 heavy (non-hydrogen) atoms. The standard InChI is InChI=1S/C16H15N3O6/c1-3-8-25-12-7-5-10(9-13(12)24-2)4-6-11-14(19(22)23)15(20)18-16(21)17-11/h3-7,9H,1,8H2,2H3,(H2,17,18,20,21)/b6-4-. The molecule has 0 aliphatic carbocycles. The largest absolute Gasteiger partial charge is 0.493 e. The van der Waals surface area contributed by atoms with Crippen LogP contribution in [0.25, 0.3) is 12.2 Å². The van der Waals surface area contributed by atoms with E-state index in [4.69, 9.17) is 9.47 Å². The lowest BCUT2D eigenvalue weighted by Gasteiger charge is -2.09. The molecule has 0 spiro atoms. The van der Waals surface area contributed by atoms with Gasteiger partial charge in [-0.05, 0) is 23.8 Å². The van der Waals surface area contributed by atoms with E-state index in [2.05, 4.69) is 11.6 Å². The fourth-order valence-electron chi connectivity index (χ4n) is 2.03. The van der Waals surface area contributed by atoms with E-state index in [-0.39, 0.29) is 5.69 Å². The third-order valence-corrected chi connectivity index (χ3v) is 3.11. The van der Waals surface area contributed by atoms with Crippen LogP contribution in [0.3, 0.4) is 0 Å². The highest BCUT2D eigenvalue weighted by atomic mass is 16.6. The van der Waals surface area contributed by atoms with Crippen LogP contribution in [0.1, 0.15) is 11.3 Å². The summed E-state index contributed by atoms with van der Waals surface area (Å²) in [6.45, 7) is 3.87. The van der Waals surface area contributed by atoms with Crippen LogP contribution in [0.4, 0.5) is 5.69 Å². The number of H-pyrrole nitrogens is 2. The molecule has 2 rings (SSSR count). The van der Waals surface area contributed by atoms with Gasteiger partial charge >= 0.3 is 16.9 Å². The van der Waals surface area contributed by atoms with Gasteiger partial charge in [0.05, 0.1) is 12.0 Å². The second-order valence-corrected chi connectivity index (χ2v) is 4.77. The highest BCUT2D eigenvalue weighted by molar-refractivity contribution is 5.72. The minimum Gasteiger partial charge on any atom is -0.493 e. The minimum atomic E-state index is -1.07. The third kappa shape index (κ3) is 4.22. The van der Waals surface area contributed by atoms with E-state index in [1.54, 1.807) is 24.3 Å². The van der Waals surface area contributed by atoms with E-state index in [9.17, 15) is 19.7 Å². The van der Waals surface area contributed by atoms with Crippen molar-refractivity contribution >= 4 is 17.8 Å². The maximum atomic E-state index is 11.6. The maximum absolute atomic E-state index is 11.6. The van der Waals surface area contributed by atoms with E-state index in [0.717, 1.165) is 0 Å². The molecule has 0 amide bonds. The van der Waals surface area contributed by atoms with Gasteiger partial charge in [0.25, 0.3) is 0 Å². The number of benzene rings is 1. The van der Waals surface area contributed by atoms with Crippen molar-refractivity contribution in [3.05, 3.63) is 73.1 Å². The number of methoxy groups -OCH3 is 1. The van der Waals surface area contributed by atoms with Gasteiger partial charge in [-0.1, -0.05) is 24.8 Å². The Labute approximate surface area is 141 Å². The molecule has 2 N–H and O–H groups in total. The Bertz CT molecular complexity index is 942. The van der Waals surface area contributed by atoms with Crippen molar-refractivity contribution in [2.24, 2.45) is 0 Å². The van der Waals surface area contributed by atoms with Crippen molar-refractivity contribution in [1.82, 2.24) is 9.97 Å². The monoisotopic (exact) mass is 345 g/mol. The molecular formula is C16H15N3O6. The van der Waals surface area contributed by atoms with E-state index in [1.165, 1.54) is 19.3 Å². The summed E-state index contributed by atoms with van der Waals surface area (Å²) < 4.78 is 10.6. The number of aromatic nitrogens is 2. The topological polar surface area (TPSA) is 127 Å². The lowest BCUT2D eigenvalue weighted by molar-refractivity contribution is -0.386. The number of aromatic amines is 2. The van der Waals surface area contributed by atoms with Crippen LogP contribution >= 0.6 is 0 Å². The average molecular weight is 345 g/mol. The van der Waals surface area contributed by atoms with Crippen molar-refractivity contribution in [3.8, 4) is 11.5 Å². The van der Waals surface area contributed by atoms with Crippen LogP contribution < -0.4 is 20.7 Å². The van der Waals surface area contributed by atoms with Crippen LogP contribution in [-0.2, 0) is 0 Å². The van der Waals surface area contributed by atoms with E-state index in [0.29, 0.717) is 23.7 Å². The molecule has 9 nitrogen and oxygen atoms in total. The van der Waals surface area contributed by atoms with E-state index in [1.807, 2.05) is 4.98 Å². The predicted octanol–water partition coefficient (Wildman–Crippen LogP) is 1.72. The number of nitrogens with zero attached hydrogens (tertiary/aromatic N) is 1. The van der Waals surface area contributed by atoms with E-state index < -0.39 is 21.9 Å². The summed E-state index contributed by atoms with van der Waals surface area (Å²) in [5, 5.41) is 11.0. The number of nitro groups is 1. The average Bonchev–Trinajstić information content (AvgIpc) is 2.57. The molecule has 2 aromatic rings. The van der Waals surface area contributed by atoms with Crippen LogP contribution in [0.2, 0.25) is 0 Å². The molecule has 0 saturated heterocycles. The number of hydrogen-bond donors (Lipinski definition) is 2. The molecule has 130 valence electrons. The second-order valence-electron chi connectivity index (χ2n) is 4.77. The first kappa shape index (κ1) is 17.7. The predicted molar refractivity (Wildman–Crippen MR) is 92.0 cm³/mol. The summed E-state index contributed by atoms with van der Waals surface area (Å²) in [7, 11) is 1.47. The van der Waals surface area contributed by atoms with Gasteiger partial charge in [-0.25, -0.2) is 4.79 Å². The highest BCUT2D eigenvalue weighted by Gasteiger charge is 2.18. The molecule has 1 aromatic carbocycles. The first-order valence-corrected chi connectivity index (χ1v) is 7.07. The first-order chi connectivity index (χ1) is 12.0. The Morgan fingerprint density at radius 1 is 1.24 bits per heavy atom. The van der Waals surface area contributed by atoms with E-state index >= 15 is 0 Å². The maximum Gasteiger partial charge on any atom is 0.357 e. The fraction of sp³-hybridized carbons (Fsp3) is 0.125. The summed E-state index contributed by atoms with van der Waals surface area (Å²) in [4.78, 5) is 37.1. The Kier molecular flexibility index (Phi) is 5.51. The molecule has 1 heterocycles. The Balaban J connectivity index is 2.40. The minimum absolute atomic E-state index is 0.204. The van der Waals surface area contributed by atoms with Gasteiger partial charge in [-0.3, -0.25) is 19.9 Å². The Morgan fingerprint density at radius 3 is 2.64 bits per heavy atom. The number of nitrogens with one attached hydrogen (secondary N) is 2. The molecule has 0 radical (unpaired) electrons. The summed E-state index contributed by atoms with van der Waals surface area (Å²) in [5.41, 5.74) is -2.23. The van der Waals surface area contributed by atoms with Gasteiger partial charge in [0.15, 0.2) is 11.5 Å². The number of rotatable bonds is 7. The first-order valence-electron chi connectivity index (χ1n) is 7.07. The normalized spacial score (nSPS) is 10.6. The Hall–Kier alpha value is -3.62. The van der Waals surface area contributed by atoms with Crippen molar-refractivity contribution in [2.45, 2.75) is 0 Å².